The molecule has 1 unspecified atom stereocenters. The largest absolute Gasteiger partial charge is 0.486 e. The zero-order valence-electron chi connectivity index (χ0n) is 10.5. The molecule has 1 atom stereocenters. The van der Waals surface area contributed by atoms with Gasteiger partial charge in [-0.2, -0.15) is 0 Å². The van der Waals surface area contributed by atoms with E-state index in [0.29, 0.717) is 19.0 Å². The molecule has 3 rings (SSSR count). The van der Waals surface area contributed by atoms with Gasteiger partial charge in [0.05, 0.1) is 6.04 Å². The van der Waals surface area contributed by atoms with Crippen molar-refractivity contribution in [3.05, 3.63) is 18.2 Å². The summed E-state index contributed by atoms with van der Waals surface area (Å²) in [5, 5.41) is 6.07. The Morgan fingerprint density at radius 1 is 1.26 bits per heavy atom. The maximum Gasteiger partial charge on any atom is 0.241 e. The first-order valence-corrected chi connectivity index (χ1v) is 6.27. The van der Waals surface area contributed by atoms with Crippen molar-refractivity contribution in [1.29, 1.82) is 0 Å². The first-order chi connectivity index (χ1) is 8.83. The summed E-state index contributed by atoms with van der Waals surface area (Å²) < 4.78 is 10.9. The third-order valence-corrected chi connectivity index (χ3v) is 3.19. The van der Waals surface area contributed by atoms with E-state index in [-0.39, 0.29) is 24.4 Å². The van der Waals surface area contributed by atoms with Crippen molar-refractivity contribution >= 4 is 24.0 Å². The lowest BCUT2D eigenvalue weighted by molar-refractivity contribution is -0.117. The van der Waals surface area contributed by atoms with Gasteiger partial charge in [-0.05, 0) is 31.5 Å². The van der Waals surface area contributed by atoms with Crippen LogP contribution in [0.1, 0.15) is 12.8 Å². The number of halogens is 1. The second-order valence-corrected chi connectivity index (χ2v) is 4.50. The Hall–Kier alpha value is -1.46. The number of benzene rings is 1. The number of hydrogen-bond donors (Lipinski definition) is 2. The van der Waals surface area contributed by atoms with Crippen LogP contribution >= 0.6 is 12.4 Å². The lowest BCUT2D eigenvalue weighted by atomic mass is 10.2. The minimum Gasteiger partial charge on any atom is -0.486 e. The monoisotopic (exact) mass is 284 g/mol. The maximum atomic E-state index is 11.9. The number of carbonyl (C=O) groups is 1. The standard InChI is InChI=1S/C13H16N2O3.ClH/c16-13(10-2-1-5-14-10)15-9-3-4-11-12(8-9)18-7-6-17-11;/h3-4,8,10,14H,1-2,5-7H2,(H,15,16);1H. The Labute approximate surface area is 118 Å². The molecule has 0 aromatic heterocycles. The topological polar surface area (TPSA) is 59.6 Å². The summed E-state index contributed by atoms with van der Waals surface area (Å²) in [4.78, 5) is 11.9. The molecule has 2 aliphatic heterocycles. The summed E-state index contributed by atoms with van der Waals surface area (Å²) in [5.41, 5.74) is 0.748. The third kappa shape index (κ3) is 3.11. The Bertz CT molecular complexity index is 461. The van der Waals surface area contributed by atoms with Crippen molar-refractivity contribution in [2.75, 3.05) is 25.1 Å². The first-order valence-electron chi connectivity index (χ1n) is 6.27. The summed E-state index contributed by atoms with van der Waals surface area (Å²) >= 11 is 0. The Balaban J connectivity index is 0.00000133. The van der Waals surface area contributed by atoms with E-state index in [1.54, 1.807) is 6.07 Å². The lowest BCUT2D eigenvalue weighted by Gasteiger charge is -2.19. The number of anilines is 1. The van der Waals surface area contributed by atoms with E-state index in [1.807, 2.05) is 12.1 Å². The predicted molar refractivity (Wildman–Crippen MR) is 74.3 cm³/mol. The van der Waals surface area contributed by atoms with Gasteiger partial charge in [0, 0.05) is 11.8 Å². The van der Waals surface area contributed by atoms with E-state index in [2.05, 4.69) is 10.6 Å². The molecule has 2 N–H and O–H groups in total. The molecule has 104 valence electrons. The molecular weight excluding hydrogens is 268 g/mol. The van der Waals surface area contributed by atoms with Gasteiger partial charge in [-0.3, -0.25) is 4.79 Å². The van der Waals surface area contributed by atoms with E-state index < -0.39 is 0 Å². The Morgan fingerprint density at radius 2 is 2.05 bits per heavy atom. The van der Waals surface area contributed by atoms with Crippen LogP contribution in [0.5, 0.6) is 11.5 Å². The molecule has 0 radical (unpaired) electrons. The molecule has 0 spiro atoms. The molecule has 6 heteroatoms. The summed E-state index contributed by atoms with van der Waals surface area (Å²) in [6.45, 7) is 2.04. The third-order valence-electron chi connectivity index (χ3n) is 3.19. The smallest absolute Gasteiger partial charge is 0.241 e. The molecule has 2 aliphatic rings. The molecule has 0 aliphatic carbocycles. The van der Waals surface area contributed by atoms with Crippen LogP contribution in [-0.4, -0.2) is 31.7 Å². The van der Waals surface area contributed by atoms with Crippen LogP contribution in [0.2, 0.25) is 0 Å². The molecule has 0 saturated carbocycles. The van der Waals surface area contributed by atoms with Gasteiger partial charge in [0.15, 0.2) is 11.5 Å². The highest BCUT2D eigenvalue weighted by molar-refractivity contribution is 5.95. The molecule has 5 nitrogen and oxygen atoms in total. The average Bonchev–Trinajstić information content (AvgIpc) is 2.92. The summed E-state index contributed by atoms with van der Waals surface area (Å²) in [6, 6.07) is 5.40. The normalized spacial score (nSPS) is 20.5. The molecule has 19 heavy (non-hydrogen) atoms. The van der Waals surface area contributed by atoms with E-state index in [4.69, 9.17) is 9.47 Å². The van der Waals surface area contributed by atoms with Gasteiger partial charge in [-0.15, -0.1) is 12.4 Å². The minimum absolute atomic E-state index is 0. The van der Waals surface area contributed by atoms with Gasteiger partial charge in [-0.1, -0.05) is 0 Å². The maximum absolute atomic E-state index is 11.9. The highest BCUT2D eigenvalue weighted by Gasteiger charge is 2.22. The fourth-order valence-corrected chi connectivity index (χ4v) is 2.26. The fourth-order valence-electron chi connectivity index (χ4n) is 2.26. The van der Waals surface area contributed by atoms with Gasteiger partial charge in [0.1, 0.15) is 13.2 Å². The van der Waals surface area contributed by atoms with Crippen LogP contribution in [0, 0.1) is 0 Å². The lowest BCUT2D eigenvalue weighted by Crippen LogP contribution is -2.35. The van der Waals surface area contributed by atoms with Crippen molar-refractivity contribution in [2.45, 2.75) is 18.9 Å². The minimum atomic E-state index is -0.0711. The first kappa shape index (κ1) is 14.0. The Morgan fingerprint density at radius 3 is 2.79 bits per heavy atom. The van der Waals surface area contributed by atoms with E-state index in [9.17, 15) is 4.79 Å². The van der Waals surface area contributed by atoms with Crippen molar-refractivity contribution < 1.29 is 14.3 Å². The molecular formula is C13H17ClN2O3. The van der Waals surface area contributed by atoms with Crippen LogP contribution in [0.3, 0.4) is 0 Å². The molecule has 1 amide bonds. The van der Waals surface area contributed by atoms with Gasteiger partial charge in [-0.25, -0.2) is 0 Å². The second-order valence-electron chi connectivity index (χ2n) is 4.50. The van der Waals surface area contributed by atoms with E-state index in [0.717, 1.165) is 30.8 Å². The van der Waals surface area contributed by atoms with E-state index >= 15 is 0 Å². The molecule has 2 heterocycles. The van der Waals surface area contributed by atoms with Crippen LogP contribution in [-0.2, 0) is 4.79 Å². The zero-order chi connectivity index (χ0) is 12.4. The summed E-state index contributed by atoms with van der Waals surface area (Å²) in [6.07, 6.45) is 1.95. The van der Waals surface area contributed by atoms with Crippen molar-refractivity contribution in [2.24, 2.45) is 0 Å². The zero-order valence-corrected chi connectivity index (χ0v) is 11.3. The molecule has 1 aromatic rings. The quantitative estimate of drug-likeness (QED) is 0.865. The Kier molecular flexibility index (Phi) is 4.50. The second kappa shape index (κ2) is 6.12. The molecule has 0 bridgehead atoms. The van der Waals surface area contributed by atoms with Gasteiger partial charge >= 0.3 is 0 Å². The summed E-state index contributed by atoms with van der Waals surface area (Å²) in [7, 11) is 0. The van der Waals surface area contributed by atoms with Gasteiger partial charge in [0.2, 0.25) is 5.91 Å². The van der Waals surface area contributed by atoms with Crippen LogP contribution < -0.4 is 20.1 Å². The van der Waals surface area contributed by atoms with Gasteiger partial charge in [0.25, 0.3) is 0 Å². The van der Waals surface area contributed by atoms with Gasteiger partial charge < -0.3 is 20.1 Å². The molecule has 1 fully saturated rings. The van der Waals surface area contributed by atoms with Crippen molar-refractivity contribution in [1.82, 2.24) is 5.32 Å². The van der Waals surface area contributed by atoms with E-state index in [1.165, 1.54) is 0 Å². The van der Waals surface area contributed by atoms with Crippen molar-refractivity contribution in [3.8, 4) is 11.5 Å². The highest BCUT2D eigenvalue weighted by Crippen LogP contribution is 2.32. The number of carbonyl (C=O) groups excluding carboxylic acids is 1. The number of rotatable bonds is 2. The van der Waals surface area contributed by atoms with Crippen LogP contribution in [0.15, 0.2) is 18.2 Å². The SMILES string of the molecule is Cl.O=C(Nc1ccc2c(c1)OCCO2)C1CCCN1. The summed E-state index contributed by atoms with van der Waals surface area (Å²) in [5.74, 6) is 1.45. The number of fused-ring (bicyclic) bond motifs is 1. The van der Waals surface area contributed by atoms with Crippen molar-refractivity contribution in [3.63, 3.8) is 0 Å². The number of hydrogen-bond acceptors (Lipinski definition) is 4. The number of amides is 1. The number of ether oxygens (including phenoxy) is 2. The molecule has 1 saturated heterocycles. The number of nitrogens with one attached hydrogen (secondary N) is 2. The highest BCUT2D eigenvalue weighted by atomic mass is 35.5. The van der Waals surface area contributed by atoms with Crippen LogP contribution in [0.4, 0.5) is 5.69 Å². The predicted octanol–water partition coefficient (Wildman–Crippen LogP) is 1.57. The van der Waals surface area contributed by atoms with Crippen LogP contribution in [0.25, 0.3) is 0 Å². The molecule has 1 aromatic carbocycles. The fraction of sp³-hybridized carbons (Fsp3) is 0.462. The average molecular weight is 285 g/mol.